The van der Waals surface area contributed by atoms with E-state index in [1.807, 2.05) is 6.07 Å². The molecule has 1 aromatic rings. The number of benzene rings is 1. The van der Waals surface area contributed by atoms with Gasteiger partial charge in [-0.3, -0.25) is 0 Å². The summed E-state index contributed by atoms with van der Waals surface area (Å²) in [4.78, 5) is 0. The molecule has 1 aromatic carbocycles. The summed E-state index contributed by atoms with van der Waals surface area (Å²) < 4.78 is 16.3. The first-order valence-corrected chi connectivity index (χ1v) is 10.8. The average molecular weight is 405 g/mol. The van der Waals surface area contributed by atoms with E-state index in [-0.39, 0.29) is 6.79 Å². The number of hydrogen-bond acceptors (Lipinski definition) is 4. The molecule has 1 N–H and O–H groups in total. The highest BCUT2D eigenvalue weighted by atomic mass is 16.7. The van der Waals surface area contributed by atoms with Crippen molar-refractivity contribution in [2.24, 2.45) is 0 Å². The molecule has 0 spiro atoms. The van der Waals surface area contributed by atoms with Crippen molar-refractivity contribution in [3.8, 4) is 11.5 Å². The van der Waals surface area contributed by atoms with Gasteiger partial charge in [0.2, 0.25) is 0 Å². The average Bonchev–Trinajstić information content (AvgIpc) is 2.67. The van der Waals surface area contributed by atoms with Crippen LogP contribution >= 0.6 is 0 Å². The highest BCUT2D eigenvalue weighted by Crippen LogP contribution is 2.32. The number of phenols is 1. The van der Waals surface area contributed by atoms with Gasteiger partial charge in [0.05, 0.1) is 13.2 Å². The van der Waals surface area contributed by atoms with Crippen molar-refractivity contribution in [1.29, 1.82) is 0 Å². The minimum Gasteiger partial charge on any atom is -0.508 e. The fraction of sp³-hybridized carbons (Fsp3) is 0.600. The molecule has 0 aliphatic heterocycles. The summed E-state index contributed by atoms with van der Waals surface area (Å²) in [5, 5.41) is 10.7. The standard InChI is InChI=1S/C25H40O4/c1-6-7-8-12-22-17-24(26)23(14-13-21(4)11-9-10-20(2)3)25(18-22)29-19-28-16-15-27-5/h10,13,17-18,26H,6-9,11-12,14-16,19H2,1-5H3/b21-13+. The first-order valence-electron chi connectivity index (χ1n) is 10.8. The van der Waals surface area contributed by atoms with Gasteiger partial charge in [0, 0.05) is 12.7 Å². The van der Waals surface area contributed by atoms with Gasteiger partial charge in [-0.15, -0.1) is 0 Å². The third-order valence-corrected chi connectivity index (χ3v) is 4.79. The van der Waals surface area contributed by atoms with Crippen LogP contribution in [0, 0.1) is 0 Å². The quantitative estimate of drug-likeness (QED) is 0.210. The van der Waals surface area contributed by atoms with Crippen molar-refractivity contribution in [2.45, 2.75) is 72.6 Å². The van der Waals surface area contributed by atoms with E-state index in [0.717, 1.165) is 36.8 Å². The second kappa shape index (κ2) is 15.1. The zero-order valence-electron chi connectivity index (χ0n) is 19.1. The number of rotatable bonds is 15. The molecule has 0 bridgehead atoms. The Morgan fingerprint density at radius 1 is 1.07 bits per heavy atom. The Morgan fingerprint density at radius 3 is 2.55 bits per heavy atom. The molecule has 0 heterocycles. The van der Waals surface area contributed by atoms with Crippen LogP contribution in [-0.4, -0.2) is 32.2 Å². The summed E-state index contributed by atoms with van der Waals surface area (Å²) in [6.07, 6.45) is 11.6. The molecule has 0 saturated heterocycles. The molecule has 0 amide bonds. The number of methoxy groups -OCH3 is 1. The zero-order valence-corrected chi connectivity index (χ0v) is 19.1. The molecular formula is C25H40O4. The molecule has 4 heteroatoms. The van der Waals surface area contributed by atoms with Gasteiger partial charge in [0.15, 0.2) is 6.79 Å². The molecule has 0 aliphatic rings. The molecule has 0 fully saturated rings. The van der Waals surface area contributed by atoms with Crippen LogP contribution in [0.15, 0.2) is 35.4 Å². The summed E-state index contributed by atoms with van der Waals surface area (Å²) >= 11 is 0. The summed E-state index contributed by atoms with van der Waals surface area (Å²) in [6.45, 7) is 9.75. The Labute approximate surface area is 177 Å². The van der Waals surface area contributed by atoms with Gasteiger partial charge in [-0.25, -0.2) is 0 Å². The summed E-state index contributed by atoms with van der Waals surface area (Å²) in [5.41, 5.74) is 4.59. The lowest BCUT2D eigenvalue weighted by atomic mass is 10.0. The Hall–Kier alpha value is -1.78. The maximum absolute atomic E-state index is 10.7. The molecular weight excluding hydrogens is 364 g/mol. The predicted molar refractivity (Wildman–Crippen MR) is 121 cm³/mol. The van der Waals surface area contributed by atoms with Crippen LogP contribution in [0.3, 0.4) is 0 Å². The maximum Gasteiger partial charge on any atom is 0.189 e. The fourth-order valence-electron chi connectivity index (χ4n) is 3.02. The molecule has 0 saturated carbocycles. The van der Waals surface area contributed by atoms with Gasteiger partial charge in [-0.05, 0) is 70.6 Å². The highest BCUT2D eigenvalue weighted by molar-refractivity contribution is 5.48. The van der Waals surface area contributed by atoms with Crippen molar-refractivity contribution in [3.63, 3.8) is 0 Å². The number of allylic oxidation sites excluding steroid dienone is 4. The van der Waals surface area contributed by atoms with Crippen LogP contribution in [0.5, 0.6) is 11.5 Å². The molecule has 0 atom stereocenters. The Kier molecular flexibility index (Phi) is 13.2. The van der Waals surface area contributed by atoms with E-state index in [1.165, 1.54) is 24.0 Å². The van der Waals surface area contributed by atoms with Crippen LogP contribution in [0.1, 0.15) is 70.9 Å². The van der Waals surface area contributed by atoms with Crippen molar-refractivity contribution in [2.75, 3.05) is 27.1 Å². The second-order valence-corrected chi connectivity index (χ2v) is 7.79. The van der Waals surface area contributed by atoms with Gasteiger partial charge in [-0.2, -0.15) is 0 Å². The molecule has 0 aromatic heterocycles. The first-order chi connectivity index (χ1) is 14.0. The molecule has 0 aliphatic carbocycles. The number of aryl methyl sites for hydroxylation is 1. The Morgan fingerprint density at radius 2 is 1.86 bits per heavy atom. The van der Waals surface area contributed by atoms with Crippen molar-refractivity contribution < 1.29 is 19.3 Å². The number of ether oxygens (including phenoxy) is 3. The van der Waals surface area contributed by atoms with E-state index in [4.69, 9.17) is 14.2 Å². The lowest BCUT2D eigenvalue weighted by Gasteiger charge is -2.15. The molecule has 29 heavy (non-hydrogen) atoms. The van der Waals surface area contributed by atoms with Gasteiger partial charge in [0.25, 0.3) is 0 Å². The third-order valence-electron chi connectivity index (χ3n) is 4.79. The largest absolute Gasteiger partial charge is 0.508 e. The summed E-state index contributed by atoms with van der Waals surface area (Å²) in [7, 11) is 1.65. The van der Waals surface area contributed by atoms with E-state index >= 15 is 0 Å². The Bertz CT molecular complexity index is 642. The third kappa shape index (κ3) is 11.1. The minimum absolute atomic E-state index is 0.150. The Balaban J connectivity index is 2.86. The van der Waals surface area contributed by atoms with Crippen LogP contribution in [0.4, 0.5) is 0 Å². The van der Waals surface area contributed by atoms with E-state index in [1.54, 1.807) is 7.11 Å². The van der Waals surface area contributed by atoms with Gasteiger partial charge in [0.1, 0.15) is 11.5 Å². The van der Waals surface area contributed by atoms with Crippen LogP contribution < -0.4 is 4.74 Å². The van der Waals surface area contributed by atoms with E-state index in [2.05, 4.69) is 45.9 Å². The number of hydrogen-bond donors (Lipinski definition) is 1. The van der Waals surface area contributed by atoms with E-state index in [0.29, 0.717) is 31.1 Å². The molecule has 164 valence electrons. The summed E-state index contributed by atoms with van der Waals surface area (Å²) in [5.74, 6) is 1.02. The maximum atomic E-state index is 10.7. The summed E-state index contributed by atoms with van der Waals surface area (Å²) in [6, 6.07) is 3.94. The zero-order chi connectivity index (χ0) is 21.5. The molecule has 1 rings (SSSR count). The number of unbranched alkanes of at least 4 members (excludes halogenated alkanes) is 2. The monoisotopic (exact) mass is 404 g/mol. The lowest BCUT2D eigenvalue weighted by molar-refractivity contribution is -0.00892. The second-order valence-electron chi connectivity index (χ2n) is 7.79. The predicted octanol–water partition coefficient (Wildman–Crippen LogP) is 6.36. The van der Waals surface area contributed by atoms with Crippen molar-refractivity contribution >= 4 is 0 Å². The van der Waals surface area contributed by atoms with Gasteiger partial charge in [-0.1, -0.05) is 43.1 Å². The van der Waals surface area contributed by atoms with Gasteiger partial charge < -0.3 is 19.3 Å². The fourth-order valence-corrected chi connectivity index (χ4v) is 3.02. The first kappa shape index (κ1) is 25.3. The number of aromatic hydroxyl groups is 1. The van der Waals surface area contributed by atoms with E-state index in [9.17, 15) is 5.11 Å². The van der Waals surface area contributed by atoms with Crippen molar-refractivity contribution in [3.05, 3.63) is 46.6 Å². The van der Waals surface area contributed by atoms with Crippen LogP contribution in [-0.2, 0) is 22.3 Å². The number of phenolic OH excluding ortho intramolecular Hbond substituents is 1. The molecule has 0 unspecified atom stereocenters. The van der Waals surface area contributed by atoms with Crippen molar-refractivity contribution in [1.82, 2.24) is 0 Å². The smallest absolute Gasteiger partial charge is 0.189 e. The van der Waals surface area contributed by atoms with Gasteiger partial charge >= 0.3 is 0 Å². The topological polar surface area (TPSA) is 47.9 Å². The van der Waals surface area contributed by atoms with E-state index < -0.39 is 0 Å². The molecule has 4 nitrogen and oxygen atoms in total. The normalized spacial score (nSPS) is 11.6. The lowest BCUT2D eigenvalue weighted by Crippen LogP contribution is -2.09. The van der Waals surface area contributed by atoms with Crippen LogP contribution in [0.2, 0.25) is 0 Å². The molecule has 0 radical (unpaired) electrons. The minimum atomic E-state index is 0.150. The van der Waals surface area contributed by atoms with Crippen LogP contribution in [0.25, 0.3) is 0 Å². The SMILES string of the molecule is CCCCCc1cc(O)c(C/C=C(\C)CCC=C(C)C)c(OCOCCOC)c1. The highest BCUT2D eigenvalue weighted by Gasteiger charge is 2.12.